The van der Waals surface area contributed by atoms with Crippen molar-refractivity contribution in [3.8, 4) is 0 Å². The van der Waals surface area contributed by atoms with Crippen LogP contribution in [0.25, 0.3) is 0 Å². The van der Waals surface area contributed by atoms with Crippen molar-refractivity contribution in [2.24, 2.45) is 0 Å². The highest BCUT2D eigenvalue weighted by molar-refractivity contribution is 5.92. The van der Waals surface area contributed by atoms with Gasteiger partial charge in [-0.25, -0.2) is 0 Å². The molecule has 1 aromatic carbocycles. The first kappa shape index (κ1) is 16.7. The molecule has 1 aromatic heterocycles. The lowest BCUT2D eigenvalue weighted by molar-refractivity contribution is 0.0945. The quantitative estimate of drug-likeness (QED) is 0.784. The number of rotatable bonds is 8. The summed E-state index contributed by atoms with van der Waals surface area (Å²) in [5, 5.41) is 10.1. The van der Waals surface area contributed by atoms with E-state index < -0.39 is 0 Å². The minimum absolute atomic E-state index is 0.115. The van der Waals surface area contributed by atoms with Gasteiger partial charge in [0, 0.05) is 24.7 Å². The standard InChI is InChI=1S/C19H26N4O/c1-3-23(4-2)13-16-8-6-5-7-15(16)12-20-19(24)18-11-17(21-22-18)14-9-10-14/h5-8,11,14H,3-4,9-10,12-13H2,1-2H3,(H,20,24)(H,21,22). The molecule has 2 N–H and O–H groups in total. The Bertz CT molecular complexity index is 686. The minimum Gasteiger partial charge on any atom is -0.347 e. The summed E-state index contributed by atoms with van der Waals surface area (Å²) in [6.45, 7) is 7.82. The molecular formula is C19H26N4O. The zero-order valence-electron chi connectivity index (χ0n) is 14.5. The van der Waals surface area contributed by atoms with Gasteiger partial charge in [0.05, 0.1) is 0 Å². The van der Waals surface area contributed by atoms with Crippen molar-refractivity contribution in [2.75, 3.05) is 13.1 Å². The fraction of sp³-hybridized carbons (Fsp3) is 0.474. The molecule has 2 aromatic rings. The van der Waals surface area contributed by atoms with Crippen molar-refractivity contribution in [2.45, 2.75) is 45.7 Å². The molecule has 1 aliphatic rings. The molecule has 0 spiro atoms. The average Bonchev–Trinajstić information content (AvgIpc) is 3.35. The van der Waals surface area contributed by atoms with Gasteiger partial charge in [-0.05, 0) is 43.1 Å². The third-order valence-corrected chi connectivity index (χ3v) is 4.69. The molecule has 0 radical (unpaired) electrons. The Morgan fingerprint density at radius 2 is 1.96 bits per heavy atom. The van der Waals surface area contributed by atoms with Crippen molar-refractivity contribution < 1.29 is 4.79 Å². The van der Waals surface area contributed by atoms with Gasteiger partial charge < -0.3 is 5.32 Å². The molecule has 1 fully saturated rings. The average molecular weight is 326 g/mol. The Kier molecular flexibility index (Phi) is 5.30. The van der Waals surface area contributed by atoms with Crippen LogP contribution in [0.1, 0.15) is 59.9 Å². The molecule has 5 heteroatoms. The van der Waals surface area contributed by atoms with E-state index in [4.69, 9.17) is 0 Å². The summed E-state index contributed by atoms with van der Waals surface area (Å²) >= 11 is 0. The van der Waals surface area contributed by atoms with Crippen molar-refractivity contribution >= 4 is 5.91 Å². The Labute approximate surface area is 143 Å². The summed E-state index contributed by atoms with van der Waals surface area (Å²) in [5.41, 5.74) is 4.00. The van der Waals surface area contributed by atoms with Crippen LogP contribution in [-0.2, 0) is 13.1 Å². The highest BCUT2D eigenvalue weighted by atomic mass is 16.1. The number of carbonyl (C=O) groups excluding carboxylic acids is 1. The lowest BCUT2D eigenvalue weighted by atomic mass is 10.1. The van der Waals surface area contributed by atoms with Gasteiger partial charge in [-0.1, -0.05) is 38.1 Å². The molecular weight excluding hydrogens is 300 g/mol. The SMILES string of the molecule is CCN(CC)Cc1ccccc1CNC(=O)c1cc(C2CC2)[nH]n1. The molecule has 0 unspecified atom stereocenters. The molecule has 1 aliphatic carbocycles. The molecule has 24 heavy (non-hydrogen) atoms. The summed E-state index contributed by atoms with van der Waals surface area (Å²) in [6.07, 6.45) is 2.39. The van der Waals surface area contributed by atoms with Crippen LogP contribution in [0, 0.1) is 0 Å². The number of aromatic amines is 1. The number of benzene rings is 1. The number of hydrogen-bond donors (Lipinski definition) is 2. The van der Waals surface area contributed by atoms with E-state index in [-0.39, 0.29) is 5.91 Å². The van der Waals surface area contributed by atoms with E-state index in [1.807, 2.05) is 12.1 Å². The number of aromatic nitrogens is 2. The third kappa shape index (κ3) is 4.03. The first-order valence-corrected chi connectivity index (χ1v) is 8.83. The molecule has 0 saturated heterocycles. The summed E-state index contributed by atoms with van der Waals surface area (Å²) in [7, 11) is 0. The van der Waals surface area contributed by atoms with Crippen LogP contribution < -0.4 is 5.32 Å². The minimum atomic E-state index is -0.115. The Morgan fingerprint density at radius 3 is 2.62 bits per heavy atom. The van der Waals surface area contributed by atoms with Gasteiger partial charge in [-0.3, -0.25) is 14.8 Å². The van der Waals surface area contributed by atoms with Gasteiger partial charge in [0.15, 0.2) is 0 Å². The van der Waals surface area contributed by atoms with Gasteiger partial charge >= 0.3 is 0 Å². The number of nitrogens with one attached hydrogen (secondary N) is 2. The maximum absolute atomic E-state index is 12.3. The fourth-order valence-corrected chi connectivity index (χ4v) is 2.89. The predicted octanol–water partition coefficient (Wildman–Crippen LogP) is 3.06. The van der Waals surface area contributed by atoms with Gasteiger partial charge in [0.2, 0.25) is 0 Å². The molecule has 1 heterocycles. The Hall–Kier alpha value is -2.14. The summed E-state index contributed by atoms with van der Waals surface area (Å²) in [6, 6.07) is 10.2. The molecule has 128 valence electrons. The monoisotopic (exact) mass is 326 g/mol. The van der Waals surface area contributed by atoms with E-state index in [1.54, 1.807) is 0 Å². The molecule has 1 amide bonds. The summed E-state index contributed by atoms with van der Waals surface area (Å²) < 4.78 is 0. The topological polar surface area (TPSA) is 61.0 Å². The number of amides is 1. The van der Waals surface area contributed by atoms with Crippen LogP contribution in [0.3, 0.4) is 0 Å². The van der Waals surface area contributed by atoms with Gasteiger partial charge in [0.1, 0.15) is 5.69 Å². The second-order valence-corrected chi connectivity index (χ2v) is 6.40. The highest BCUT2D eigenvalue weighted by Gasteiger charge is 2.26. The van der Waals surface area contributed by atoms with E-state index in [2.05, 4.69) is 52.5 Å². The maximum atomic E-state index is 12.3. The molecule has 1 saturated carbocycles. The first-order valence-electron chi connectivity index (χ1n) is 8.83. The van der Waals surface area contributed by atoms with Crippen LogP contribution in [0.4, 0.5) is 0 Å². The van der Waals surface area contributed by atoms with E-state index >= 15 is 0 Å². The predicted molar refractivity (Wildman–Crippen MR) is 94.8 cm³/mol. The number of hydrogen-bond acceptors (Lipinski definition) is 3. The third-order valence-electron chi connectivity index (χ3n) is 4.69. The number of H-pyrrole nitrogens is 1. The zero-order chi connectivity index (χ0) is 16.9. The Morgan fingerprint density at radius 1 is 1.25 bits per heavy atom. The molecule has 3 rings (SSSR count). The number of carbonyl (C=O) groups is 1. The summed E-state index contributed by atoms with van der Waals surface area (Å²) in [5.74, 6) is 0.463. The lowest BCUT2D eigenvalue weighted by Gasteiger charge is -2.20. The Balaban J connectivity index is 1.61. The lowest BCUT2D eigenvalue weighted by Crippen LogP contribution is -2.26. The van der Waals surface area contributed by atoms with Gasteiger partial charge in [0.25, 0.3) is 5.91 Å². The van der Waals surface area contributed by atoms with Gasteiger partial charge in [-0.15, -0.1) is 0 Å². The van der Waals surface area contributed by atoms with Crippen molar-refractivity contribution in [1.82, 2.24) is 20.4 Å². The van der Waals surface area contributed by atoms with E-state index in [0.717, 1.165) is 30.9 Å². The largest absolute Gasteiger partial charge is 0.347 e. The molecule has 0 bridgehead atoms. The maximum Gasteiger partial charge on any atom is 0.272 e. The normalized spacial score (nSPS) is 14.1. The fourth-order valence-electron chi connectivity index (χ4n) is 2.89. The van der Waals surface area contributed by atoms with E-state index in [0.29, 0.717) is 18.2 Å². The zero-order valence-corrected chi connectivity index (χ0v) is 14.5. The number of nitrogens with zero attached hydrogens (tertiary/aromatic N) is 2. The molecule has 5 nitrogen and oxygen atoms in total. The van der Waals surface area contributed by atoms with Crippen molar-refractivity contribution in [3.05, 3.63) is 52.8 Å². The summed E-state index contributed by atoms with van der Waals surface area (Å²) in [4.78, 5) is 14.7. The van der Waals surface area contributed by atoms with Crippen LogP contribution in [-0.4, -0.2) is 34.1 Å². The van der Waals surface area contributed by atoms with Gasteiger partial charge in [-0.2, -0.15) is 5.10 Å². The van der Waals surface area contributed by atoms with E-state index in [9.17, 15) is 4.79 Å². The van der Waals surface area contributed by atoms with E-state index in [1.165, 1.54) is 18.4 Å². The second kappa shape index (κ2) is 7.62. The first-order chi connectivity index (χ1) is 11.7. The van der Waals surface area contributed by atoms with Crippen molar-refractivity contribution in [3.63, 3.8) is 0 Å². The van der Waals surface area contributed by atoms with Crippen LogP contribution in [0.2, 0.25) is 0 Å². The van der Waals surface area contributed by atoms with Crippen LogP contribution in [0.5, 0.6) is 0 Å². The molecule has 0 aliphatic heterocycles. The smallest absolute Gasteiger partial charge is 0.272 e. The second-order valence-electron chi connectivity index (χ2n) is 6.40. The highest BCUT2D eigenvalue weighted by Crippen LogP contribution is 2.38. The van der Waals surface area contributed by atoms with Crippen LogP contribution >= 0.6 is 0 Å². The van der Waals surface area contributed by atoms with Crippen molar-refractivity contribution in [1.29, 1.82) is 0 Å². The van der Waals surface area contributed by atoms with Crippen LogP contribution in [0.15, 0.2) is 30.3 Å². The molecule has 0 atom stereocenters.